The molecule has 2 aromatic carbocycles. The van der Waals surface area contributed by atoms with E-state index in [1.165, 1.54) is 12.1 Å². The average Bonchev–Trinajstić information content (AvgIpc) is 2.65. The molecule has 25 heavy (non-hydrogen) atoms. The summed E-state index contributed by atoms with van der Waals surface area (Å²) < 4.78 is 23.5. The molecule has 0 aliphatic carbocycles. The first kappa shape index (κ1) is 18.6. The smallest absolute Gasteiger partial charge is 0.317 e. The van der Waals surface area contributed by atoms with Crippen LogP contribution in [-0.2, 0) is 6.54 Å². The highest BCUT2D eigenvalue weighted by atomic mass is 19.1. The maximum atomic E-state index is 13.0. The average molecular weight is 346 g/mol. The van der Waals surface area contributed by atoms with Gasteiger partial charge in [-0.05, 0) is 42.3 Å². The van der Waals surface area contributed by atoms with Crippen molar-refractivity contribution in [2.75, 3.05) is 21.3 Å². The first-order valence-electron chi connectivity index (χ1n) is 7.93. The largest absolute Gasteiger partial charge is 0.493 e. The molecule has 0 bridgehead atoms. The summed E-state index contributed by atoms with van der Waals surface area (Å²) in [5, 5.41) is 2.87. The van der Waals surface area contributed by atoms with E-state index in [9.17, 15) is 9.18 Å². The minimum absolute atomic E-state index is 0.175. The Labute approximate surface area is 147 Å². The molecule has 5 nitrogen and oxygen atoms in total. The number of hydrogen-bond donors (Lipinski definition) is 1. The van der Waals surface area contributed by atoms with Gasteiger partial charge >= 0.3 is 6.03 Å². The van der Waals surface area contributed by atoms with Crippen LogP contribution in [0.15, 0.2) is 42.5 Å². The van der Waals surface area contributed by atoms with Crippen LogP contribution in [0.2, 0.25) is 0 Å². The number of nitrogens with zero attached hydrogens (tertiary/aromatic N) is 1. The van der Waals surface area contributed by atoms with Gasteiger partial charge in [-0.25, -0.2) is 9.18 Å². The second-order valence-electron chi connectivity index (χ2n) is 5.69. The summed E-state index contributed by atoms with van der Waals surface area (Å²) in [7, 11) is 4.85. The van der Waals surface area contributed by atoms with Crippen molar-refractivity contribution >= 4 is 6.03 Å². The van der Waals surface area contributed by atoms with E-state index in [2.05, 4.69) is 5.32 Å². The van der Waals surface area contributed by atoms with E-state index in [0.717, 1.165) is 11.1 Å². The van der Waals surface area contributed by atoms with Gasteiger partial charge in [-0.15, -0.1) is 0 Å². The Hall–Kier alpha value is -2.76. The predicted octanol–water partition coefficient (Wildman–Crippen LogP) is 3.75. The molecule has 0 saturated heterocycles. The Kier molecular flexibility index (Phi) is 6.22. The third kappa shape index (κ3) is 4.62. The summed E-state index contributed by atoms with van der Waals surface area (Å²) in [6.45, 7) is 2.25. The molecule has 0 aliphatic heterocycles. The summed E-state index contributed by atoms with van der Waals surface area (Å²) in [5.41, 5.74) is 1.76. The van der Waals surface area contributed by atoms with Gasteiger partial charge in [0.15, 0.2) is 11.5 Å². The molecule has 0 aliphatic rings. The van der Waals surface area contributed by atoms with Gasteiger partial charge in [-0.3, -0.25) is 0 Å². The van der Waals surface area contributed by atoms with E-state index in [1.54, 1.807) is 44.4 Å². The van der Waals surface area contributed by atoms with E-state index in [1.807, 2.05) is 19.1 Å². The van der Waals surface area contributed by atoms with Gasteiger partial charge in [-0.2, -0.15) is 0 Å². The summed E-state index contributed by atoms with van der Waals surface area (Å²) in [6.07, 6.45) is 0. The Morgan fingerprint density at radius 2 is 1.76 bits per heavy atom. The fourth-order valence-corrected chi connectivity index (χ4v) is 2.43. The molecule has 0 aromatic heterocycles. The number of benzene rings is 2. The highest BCUT2D eigenvalue weighted by Gasteiger charge is 2.17. The topological polar surface area (TPSA) is 50.8 Å². The quantitative estimate of drug-likeness (QED) is 0.867. The molecule has 1 unspecified atom stereocenters. The van der Waals surface area contributed by atoms with E-state index >= 15 is 0 Å². The number of hydrogen-bond acceptors (Lipinski definition) is 3. The number of ether oxygens (including phenoxy) is 2. The maximum absolute atomic E-state index is 13.0. The Bertz CT molecular complexity index is 719. The van der Waals surface area contributed by atoms with Crippen LogP contribution in [0.25, 0.3) is 0 Å². The SMILES string of the molecule is COc1ccc(CNC(=O)N(C)C(C)c2ccc(F)cc2)cc1OC. The van der Waals surface area contributed by atoms with Crippen LogP contribution in [0.3, 0.4) is 0 Å². The fourth-order valence-electron chi connectivity index (χ4n) is 2.43. The van der Waals surface area contributed by atoms with E-state index in [4.69, 9.17) is 9.47 Å². The van der Waals surface area contributed by atoms with Crippen molar-refractivity contribution in [3.63, 3.8) is 0 Å². The zero-order valence-corrected chi connectivity index (χ0v) is 14.9. The number of amides is 2. The fraction of sp³-hybridized carbons (Fsp3) is 0.316. The minimum atomic E-state index is -0.295. The molecule has 2 aromatic rings. The lowest BCUT2D eigenvalue weighted by atomic mass is 10.1. The minimum Gasteiger partial charge on any atom is -0.493 e. The number of carbonyl (C=O) groups excluding carboxylic acids is 1. The van der Waals surface area contributed by atoms with Crippen molar-refractivity contribution in [2.24, 2.45) is 0 Å². The van der Waals surface area contributed by atoms with E-state index in [-0.39, 0.29) is 17.9 Å². The molecule has 6 heteroatoms. The monoisotopic (exact) mass is 346 g/mol. The third-order valence-corrected chi connectivity index (χ3v) is 4.15. The lowest BCUT2D eigenvalue weighted by Gasteiger charge is -2.25. The van der Waals surface area contributed by atoms with Crippen molar-refractivity contribution in [1.82, 2.24) is 10.2 Å². The number of carbonyl (C=O) groups is 1. The molecule has 2 rings (SSSR count). The second kappa shape index (κ2) is 8.37. The first-order valence-corrected chi connectivity index (χ1v) is 7.93. The first-order chi connectivity index (χ1) is 12.0. The summed E-state index contributed by atoms with van der Waals surface area (Å²) in [5.74, 6) is 0.957. The number of nitrogens with one attached hydrogen (secondary N) is 1. The summed E-state index contributed by atoms with van der Waals surface area (Å²) in [4.78, 5) is 13.9. The molecule has 1 atom stereocenters. The van der Waals surface area contributed by atoms with Gasteiger partial charge < -0.3 is 19.7 Å². The molecule has 0 heterocycles. The Morgan fingerprint density at radius 3 is 2.36 bits per heavy atom. The highest BCUT2D eigenvalue weighted by Crippen LogP contribution is 2.27. The number of methoxy groups -OCH3 is 2. The maximum Gasteiger partial charge on any atom is 0.317 e. The molecule has 0 saturated carbocycles. The molecule has 0 radical (unpaired) electrons. The molecular weight excluding hydrogens is 323 g/mol. The van der Waals surface area contributed by atoms with Crippen LogP contribution in [-0.4, -0.2) is 32.2 Å². The normalized spacial score (nSPS) is 11.6. The summed E-state index contributed by atoms with van der Waals surface area (Å²) >= 11 is 0. The van der Waals surface area contributed by atoms with E-state index < -0.39 is 0 Å². The lowest BCUT2D eigenvalue weighted by molar-refractivity contribution is 0.194. The van der Waals surface area contributed by atoms with Gasteiger partial charge in [0.05, 0.1) is 20.3 Å². The molecule has 134 valence electrons. The van der Waals surface area contributed by atoms with Gasteiger partial charge in [0, 0.05) is 13.6 Å². The molecule has 0 fully saturated rings. The Balaban J connectivity index is 1.98. The van der Waals surface area contributed by atoms with Gasteiger partial charge in [0.1, 0.15) is 5.82 Å². The molecule has 0 spiro atoms. The molecular formula is C19H23FN2O3. The lowest BCUT2D eigenvalue weighted by Crippen LogP contribution is -2.38. The van der Waals surface area contributed by atoms with Gasteiger partial charge in [0.2, 0.25) is 0 Å². The zero-order chi connectivity index (χ0) is 18.4. The van der Waals surface area contributed by atoms with Gasteiger partial charge in [0.25, 0.3) is 0 Å². The third-order valence-electron chi connectivity index (χ3n) is 4.15. The molecule has 2 amide bonds. The van der Waals surface area contributed by atoms with E-state index in [0.29, 0.717) is 18.0 Å². The molecule has 1 N–H and O–H groups in total. The Morgan fingerprint density at radius 1 is 1.12 bits per heavy atom. The highest BCUT2D eigenvalue weighted by molar-refractivity contribution is 5.74. The second-order valence-corrected chi connectivity index (χ2v) is 5.69. The van der Waals surface area contributed by atoms with Crippen molar-refractivity contribution in [3.05, 3.63) is 59.4 Å². The number of rotatable bonds is 6. The van der Waals surface area contributed by atoms with Crippen LogP contribution in [0.1, 0.15) is 24.1 Å². The van der Waals surface area contributed by atoms with Crippen LogP contribution in [0, 0.1) is 5.82 Å². The number of halogens is 1. The predicted molar refractivity (Wildman–Crippen MR) is 94.4 cm³/mol. The van der Waals surface area contributed by atoms with Gasteiger partial charge in [-0.1, -0.05) is 18.2 Å². The van der Waals surface area contributed by atoms with Crippen molar-refractivity contribution in [1.29, 1.82) is 0 Å². The summed E-state index contributed by atoms with van der Waals surface area (Å²) in [6, 6.07) is 11.2. The van der Waals surface area contributed by atoms with Crippen LogP contribution in [0.4, 0.5) is 9.18 Å². The van der Waals surface area contributed by atoms with Crippen molar-refractivity contribution in [3.8, 4) is 11.5 Å². The zero-order valence-electron chi connectivity index (χ0n) is 14.9. The van der Waals surface area contributed by atoms with Crippen LogP contribution < -0.4 is 14.8 Å². The standard InChI is InChI=1S/C19H23FN2O3/c1-13(15-6-8-16(20)9-7-15)22(2)19(23)21-12-14-5-10-17(24-3)18(11-14)25-4/h5-11,13H,12H2,1-4H3,(H,21,23). The van der Waals surface area contributed by atoms with Crippen molar-refractivity contribution in [2.45, 2.75) is 19.5 Å². The van der Waals surface area contributed by atoms with Crippen LogP contribution in [0.5, 0.6) is 11.5 Å². The van der Waals surface area contributed by atoms with Crippen LogP contribution >= 0.6 is 0 Å². The van der Waals surface area contributed by atoms with Crippen molar-refractivity contribution < 1.29 is 18.7 Å². The number of urea groups is 1.